The monoisotopic (exact) mass is 583 g/mol. The van der Waals surface area contributed by atoms with Gasteiger partial charge in [0, 0.05) is 52.9 Å². The van der Waals surface area contributed by atoms with Crippen LogP contribution in [0.3, 0.4) is 0 Å². The molecule has 0 bridgehead atoms. The van der Waals surface area contributed by atoms with Crippen LogP contribution in [-0.2, 0) is 5.41 Å². The van der Waals surface area contributed by atoms with Crippen LogP contribution in [0.4, 0.5) is 14.5 Å². The molecule has 0 aliphatic carbocycles. The van der Waals surface area contributed by atoms with Crippen molar-refractivity contribution >= 4 is 40.0 Å². The Morgan fingerprint density at radius 1 is 0.905 bits per heavy atom. The number of hydrogen-bond donors (Lipinski definition) is 0. The summed E-state index contributed by atoms with van der Waals surface area (Å²) in [6, 6.07) is 17.9. The Morgan fingerprint density at radius 3 is 2.52 bits per heavy atom. The van der Waals surface area contributed by atoms with E-state index < -0.39 is 11.2 Å². The number of hydrogen-bond acceptors (Lipinski definition) is 4. The van der Waals surface area contributed by atoms with Gasteiger partial charge in [-0.15, -0.1) is 0 Å². The zero-order valence-corrected chi connectivity index (χ0v) is 23.1. The molecule has 1 saturated heterocycles. The number of benzene rings is 3. The minimum absolute atomic E-state index is 0.0742. The van der Waals surface area contributed by atoms with Gasteiger partial charge >= 0.3 is 0 Å². The molecule has 2 aliphatic rings. The molecular weight excluding hydrogens is 560 g/mol. The van der Waals surface area contributed by atoms with Gasteiger partial charge in [0.1, 0.15) is 17.3 Å². The second-order valence-corrected chi connectivity index (χ2v) is 11.2. The maximum Gasteiger partial charge on any atom is 0.276 e. The topological polar surface area (TPSA) is 71.3 Å². The Balaban J connectivity index is 1.16. The summed E-state index contributed by atoms with van der Waals surface area (Å²) in [6.07, 6.45) is 5.60. The second kappa shape index (κ2) is 10.0. The van der Waals surface area contributed by atoms with Crippen LogP contribution in [0.25, 0.3) is 16.6 Å². The number of fused-ring (bicyclic) bond motifs is 3. The van der Waals surface area contributed by atoms with E-state index in [2.05, 4.69) is 9.97 Å². The highest BCUT2D eigenvalue weighted by Crippen LogP contribution is 2.48. The highest BCUT2D eigenvalue weighted by atomic mass is 35.5. The number of imidazole rings is 1. The molecule has 2 aromatic heterocycles. The van der Waals surface area contributed by atoms with Gasteiger partial charge in [-0.25, -0.2) is 13.8 Å². The van der Waals surface area contributed by atoms with Crippen LogP contribution in [0.1, 0.15) is 39.3 Å². The molecular formula is C32H24ClF2N5O2. The van der Waals surface area contributed by atoms with Crippen LogP contribution in [-0.4, -0.2) is 50.9 Å². The van der Waals surface area contributed by atoms with E-state index in [4.69, 9.17) is 11.6 Å². The summed E-state index contributed by atoms with van der Waals surface area (Å²) in [6.45, 7) is 1.22. The van der Waals surface area contributed by atoms with Crippen LogP contribution in [0.15, 0.2) is 85.5 Å². The largest absolute Gasteiger partial charge is 0.339 e. The fraction of sp³-hybridized carbons (Fsp3) is 0.188. The van der Waals surface area contributed by atoms with E-state index in [1.54, 1.807) is 29.3 Å². The van der Waals surface area contributed by atoms with Crippen molar-refractivity contribution in [2.75, 3.05) is 24.5 Å². The molecule has 5 aromatic rings. The molecule has 0 saturated carbocycles. The lowest BCUT2D eigenvalue weighted by molar-refractivity contribution is 0.0670. The number of nitrogens with zero attached hydrogens (tertiary/aromatic N) is 5. The predicted octanol–water partition coefficient (Wildman–Crippen LogP) is 6.19. The molecule has 0 N–H and O–H groups in total. The molecule has 3 aromatic carbocycles. The van der Waals surface area contributed by atoms with Gasteiger partial charge in [-0.1, -0.05) is 17.7 Å². The van der Waals surface area contributed by atoms with Crippen molar-refractivity contribution in [3.8, 4) is 5.69 Å². The molecule has 42 heavy (non-hydrogen) atoms. The molecule has 10 heteroatoms. The van der Waals surface area contributed by atoms with Crippen molar-refractivity contribution in [1.29, 1.82) is 0 Å². The summed E-state index contributed by atoms with van der Waals surface area (Å²) in [7, 11) is 0. The van der Waals surface area contributed by atoms with Crippen molar-refractivity contribution in [2.45, 2.75) is 18.3 Å². The molecule has 0 radical (unpaired) electrons. The average Bonchev–Trinajstić information content (AvgIpc) is 3.60. The van der Waals surface area contributed by atoms with Gasteiger partial charge in [-0.2, -0.15) is 0 Å². The first-order chi connectivity index (χ1) is 20.3. The van der Waals surface area contributed by atoms with Gasteiger partial charge in [-0.3, -0.25) is 19.1 Å². The summed E-state index contributed by atoms with van der Waals surface area (Å²) < 4.78 is 30.7. The predicted molar refractivity (Wildman–Crippen MR) is 155 cm³/mol. The van der Waals surface area contributed by atoms with Crippen LogP contribution < -0.4 is 4.90 Å². The summed E-state index contributed by atoms with van der Waals surface area (Å²) >= 11 is 5.93. The SMILES string of the molecule is O=C(c1ccc2ncccc2c1)N1CCC2(CC1)CN(C(=O)c1cncn1-c1ccc(Cl)cc1F)c1ccc(F)cc12. The minimum Gasteiger partial charge on any atom is -0.339 e. The number of rotatable bonds is 3. The van der Waals surface area contributed by atoms with E-state index in [1.165, 1.54) is 41.4 Å². The standard InChI is InChI=1S/C32H24ClF2N5O2/c33-22-4-7-28(25(35)15-22)40-19-36-17-29(40)31(42)39-18-32(24-16-23(34)5-8-27(24)39)9-12-38(13-10-32)30(41)21-3-6-26-20(14-21)2-1-11-37-26/h1-8,11,14-17,19H,9-10,12-13,18H2. The lowest BCUT2D eigenvalue weighted by Crippen LogP contribution is -2.48. The summed E-state index contributed by atoms with van der Waals surface area (Å²) in [4.78, 5) is 39.3. The number of anilines is 1. The summed E-state index contributed by atoms with van der Waals surface area (Å²) in [5.41, 5.74) is 2.53. The van der Waals surface area contributed by atoms with E-state index >= 15 is 0 Å². The third-order valence-corrected chi connectivity index (χ3v) is 8.65. The molecule has 2 aliphatic heterocycles. The number of piperidine rings is 1. The number of carbonyl (C=O) groups is 2. The molecule has 210 valence electrons. The highest BCUT2D eigenvalue weighted by molar-refractivity contribution is 6.30. The molecule has 1 spiro atoms. The van der Waals surface area contributed by atoms with Crippen molar-refractivity contribution in [3.63, 3.8) is 0 Å². The van der Waals surface area contributed by atoms with Gasteiger partial charge in [0.05, 0.1) is 23.7 Å². The third kappa shape index (κ3) is 4.32. The second-order valence-electron chi connectivity index (χ2n) is 10.8. The van der Waals surface area contributed by atoms with Gasteiger partial charge < -0.3 is 9.80 Å². The Morgan fingerprint density at radius 2 is 1.71 bits per heavy atom. The quantitative estimate of drug-likeness (QED) is 0.254. The lowest BCUT2D eigenvalue weighted by Gasteiger charge is -2.40. The van der Waals surface area contributed by atoms with Crippen LogP contribution >= 0.6 is 11.6 Å². The molecule has 4 heterocycles. The number of likely N-dealkylation sites (tertiary alicyclic amines) is 1. The average molecular weight is 584 g/mol. The van der Waals surface area contributed by atoms with E-state index in [1.807, 2.05) is 29.2 Å². The Labute approximate surface area is 245 Å². The first kappa shape index (κ1) is 26.3. The molecule has 2 amide bonds. The van der Waals surface area contributed by atoms with Gasteiger partial charge in [0.15, 0.2) is 0 Å². The van der Waals surface area contributed by atoms with E-state index in [0.717, 1.165) is 16.5 Å². The third-order valence-electron chi connectivity index (χ3n) is 8.41. The molecule has 1 fully saturated rings. The maximum absolute atomic E-state index is 14.8. The van der Waals surface area contributed by atoms with E-state index in [-0.39, 0.29) is 34.0 Å². The fourth-order valence-corrected chi connectivity index (χ4v) is 6.40. The Kier molecular flexibility index (Phi) is 6.27. The van der Waals surface area contributed by atoms with Crippen LogP contribution in [0, 0.1) is 11.6 Å². The van der Waals surface area contributed by atoms with Crippen LogP contribution in [0.5, 0.6) is 0 Å². The zero-order valence-electron chi connectivity index (χ0n) is 22.3. The van der Waals surface area contributed by atoms with Gasteiger partial charge in [0.2, 0.25) is 0 Å². The maximum atomic E-state index is 14.8. The van der Waals surface area contributed by atoms with E-state index in [9.17, 15) is 18.4 Å². The van der Waals surface area contributed by atoms with Crippen LogP contribution in [0.2, 0.25) is 5.02 Å². The Bertz CT molecular complexity index is 1880. The number of halogens is 3. The fourth-order valence-electron chi connectivity index (χ4n) is 6.24. The normalized spacial score (nSPS) is 15.8. The van der Waals surface area contributed by atoms with E-state index in [0.29, 0.717) is 43.7 Å². The first-order valence-corrected chi connectivity index (χ1v) is 13.9. The molecule has 0 unspecified atom stereocenters. The van der Waals surface area contributed by atoms with Crippen molar-refractivity contribution in [1.82, 2.24) is 19.4 Å². The van der Waals surface area contributed by atoms with Crippen molar-refractivity contribution < 1.29 is 18.4 Å². The summed E-state index contributed by atoms with van der Waals surface area (Å²) in [5, 5.41) is 1.13. The Hall–Kier alpha value is -4.63. The number of amides is 2. The lowest BCUT2D eigenvalue weighted by atomic mass is 9.74. The number of pyridine rings is 1. The smallest absolute Gasteiger partial charge is 0.276 e. The summed E-state index contributed by atoms with van der Waals surface area (Å²) in [5.74, 6) is -1.43. The first-order valence-electron chi connectivity index (χ1n) is 13.6. The molecule has 7 rings (SSSR count). The highest BCUT2D eigenvalue weighted by Gasteiger charge is 2.47. The number of aromatic nitrogens is 3. The van der Waals surface area contributed by atoms with Gasteiger partial charge in [-0.05, 0) is 79.1 Å². The van der Waals surface area contributed by atoms with Gasteiger partial charge in [0.25, 0.3) is 11.8 Å². The molecule has 0 atom stereocenters. The minimum atomic E-state index is -0.588. The number of carbonyl (C=O) groups excluding carboxylic acids is 2. The molecule has 7 nitrogen and oxygen atoms in total. The zero-order chi connectivity index (χ0) is 29.0. The van der Waals surface area contributed by atoms with Crippen molar-refractivity contribution in [2.24, 2.45) is 0 Å². The van der Waals surface area contributed by atoms with Crippen molar-refractivity contribution in [3.05, 3.63) is 119 Å².